The Labute approximate surface area is 142 Å². The van der Waals surface area contributed by atoms with Crippen LogP contribution in [-0.2, 0) is 22.5 Å². The van der Waals surface area contributed by atoms with Gasteiger partial charge in [0.15, 0.2) is 5.78 Å². The molecule has 1 heterocycles. The summed E-state index contributed by atoms with van der Waals surface area (Å²) in [5.41, 5.74) is 2.53. The van der Waals surface area contributed by atoms with Crippen LogP contribution < -0.4 is 4.74 Å². The minimum atomic E-state index is -0.426. The van der Waals surface area contributed by atoms with Gasteiger partial charge in [0.2, 0.25) is 0 Å². The number of rotatable bonds is 5. The molecule has 0 unspecified atom stereocenters. The number of carbonyl (C=O) groups is 2. The van der Waals surface area contributed by atoms with Crippen molar-refractivity contribution in [3.63, 3.8) is 0 Å². The molecule has 1 aliphatic carbocycles. The van der Waals surface area contributed by atoms with E-state index in [0.717, 1.165) is 43.9 Å². The van der Waals surface area contributed by atoms with E-state index in [-0.39, 0.29) is 12.4 Å². The van der Waals surface area contributed by atoms with Gasteiger partial charge in [0.25, 0.3) is 0 Å². The lowest BCUT2D eigenvalue weighted by Crippen LogP contribution is -2.44. The van der Waals surface area contributed by atoms with Crippen molar-refractivity contribution in [2.75, 3.05) is 46.9 Å². The van der Waals surface area contributed by atoms with Gasteiger partial charge in [0.05, 0.1) is 0 Å². The van der Waals surface area contributed by atoms with Gasteiger partial charge >= 0.3 is 5.97 Å². The van der Waals surface area contributed by atoms with Crippen molar-refractivity contribution in [3.8, 4) is 5.75 Å². The number of hydrogen-bond donors (Lipinski definition) is 0. The molecule has 6 heteroatoms. The molecule has 1 aliphatic heterocycles. The Morgan fingerprint density at radius 2 is 1.92 bits per heavy atom. The average Bonchev–Trinajstić information content (AvgIpc) is 2.93. The first-order chi connectivity index (χ1) is 11.6. The maximum Gasteiger partial charge on any atom is 0.337 e. The fourth-order valence-electron chi connectivity index (χ4n) is 3.32. The molecule has 0 atom stereocenters. The average molecular weight is 332 g/mol. The second kappa shape index (κ2) is 7.42. The molecule has 0 radical (unpaired) electrons. The van der Waals surface area contributed by atoms with Crippen LogP contribution in [0.25, 0.3) is 0 Å². The predicted molar refractivity (Wildman–Crippen MR) is 89.4 cm³/mol. The van der Waals surface area contributed by atoms with E-state index in [1.165, 1.54) is 7.11 Å². The number of ether oxygens (including phenoxy) is 2. The number of nitrogens with zero attached hydrogens (tertiary/aromatic N) is 2. The van der Waals surface area contributed by atoms with Crippen LogP contribution in [0.4, 0.5) is 0 Å². The number of Topliss-reactive ketones (excluding diaryl/α,β-unsaturated/α-hetero) is 1. The number of hydrogen-bond acceptors (Lipinski definition) is 6. The van der Waals surface area contributed by atoms with Crippen molar-refractivity contribution < 1.29 is 19.1 Å². The molecule has 0 N–H and O–H groups in total. The van der Waals surface area contributed by atoms with E-state index in [1.54, 1.807) is 0 Å². The molecule has 0 amide bonds. The third kappa shape index (κ3) is 3.66. The first kappa shape index (κ1) is 17.1. The number of piperazine rings is 1. The molecule has 6 nitrogen and oxygen atoms in total. The number of ketones is 1. The molecule has 0 spiro atoms. The van der Waals surface area contributed by atoms with E-state index in [9.17, 15) is 9.59 Å². The number of esters is 1. The van der Waals surface area contributed by atoms with Gasteiger partial charge in [-0.1, -0.05) is 12.1 Å². The van der Waals surface area contributed by atoms with Crippen LogP contribution in [0, 0.1) is 0 Å². The first-order valence-corrected chi connectivity index (χ1v) is 8.37. The van der Waals surface area contributed by atoms with Crippen LogP contribution in [0.3, 0.4) is 0 Å². The molecular formula is C18H24N2O4. The molecule has 0 saturated carbocycles. The lowest BCUT2D eigenvalue weighted by atomic mass is 10.0. The van der Waals surface area contributed by atoms with Gasteiger partial charge in [-0.05, 0) is 13.5 Å². The molecule has 3 rings (SSSR count). The highest BCUT2D eigenvalue weighted by atomic mass is 16.6. The van der Waals surface area contributed by atoms with E-state index in [4.69, 9.17) is 9.47 Å². The molecule has 2 aliphatic rings. The zero-order valence-electron chi connectivity index (χ0n) is 14.3. The van der Waals surface area contributed by atoms with Crippen LogP contribution in [0.2, 0.25) is 0 Å². The minimum Gasteiger partial charge on any atom is -0.424 e. The summed E-state index contributed by atoms with van der Waals surface area (Å²) in [7, 11) is 3.58. The summed E-state index contributed by atoms with van der Waals surface area (Å²) < 4.78 is 10.4. The minimum absolute atomic E-state index is 0.0917. The quantitative estimate of drug-likeness (QED) is 0.595. The number of carbonyl (C=O) groups excluding carboxylic acids is 2. The smallest absolute Gasteiger partial charge is 0.337 e. The van der Waals surface area contributed by atoms with Crippen molar-refractivity contribution in [2.24, 2.45) is 0 Å². The fraction of sp³-hybridized carbons (Fsp3) is 0.556. The van der Waals surface area contributed by atoms with Crippen LogP contribution in [0.1, 0.15) is 27.9 Å². The lowest BCUT2D eigenvalue weighted by molar-refractivity contribution is -0.138. The summed E-state index contributed by atoms with van der Waals surface area (Å²) in [6.07, 6.45) is 1.13. The predicted octanol–water partition coefficient (Wildman–Crippen LogP) is 1.11. The zero-order valence-corrected chi connectivity index (χ0v) is 14.3. The summed E-state index contributed by atoms with van der Waals surface area (Å²) in [4.78, 5) is 28.6. The fourth-order valence-corrected chi connectivity index (χ4v) is 3.32. The molecule has 1 fully saturated rings. The van der Waals surface area contributed by atoms with E-state index in [2.05, 4.69) is 16.8 Å². The first-order valence-electron chi connectivity index (χ1n) is 8.37. The number of methoxy groups -OCH3 is 1. The molecule has 0 bridgehead atoms. The highest BCUT2D eigenvalue weighted by Gasteiger charge is 2.27. The largest absolute Gasteiger partial charge is 0.424 e. The van der Waals surface area contributed by atoms with E-state index < -0.39 is 5.97 Å². The lowest BCUT2D eigenvalue weighted by Gasteiger charge is -2.32. The van der Waals surface area contributed by atoms with Gasteiger partial charge < -0.3 is 14.4 Å². The van der Waals surface area contributed by atoms with Crippen molar-refractivity contribution in [1.82, 2.24) is 9.80 Å². The molecule has 1 aromatic carbocycles. The van der Waals surface area contributed by atoms with E-state index in [1.807, 2.05) is 12.1 Å². The maximum absolute atomic E-state index is 12.0. The summed E-state index contributed by atoms with van der Waals surface area (Å²) in [6.45, 7) is 4.66. The third-order valence-electron chi connectivity index (χ3n) is 4.71. The summed E-state index contributed by atoms with van der Waals surface area (Å²) in [5.74, 6) is 0.268. The van der Waals surface area contributed by atoms with Gasteiger partial charge in [-0.2, -0.15) is 0 Å². The zero-order chi connectivity index (χ0) is 17.1. The standard InChI is InChI=1S/C18H24N2O4/c1-19-7-9-20(10-8-19)11-13-3-4-14-15(5-6-16(14)21)18(13)24-17(22)12-23-2/h3-4H,5-12H2,1-2H3. The van der Waals surface area contributed by atoms with Crippen molar-refractivity contribution >= 4 is 11.8 Å². The van der Waals surface area contributed by atoms with Gasteiger partial charge in [-0.25, -0.2) is 4.79 Å². The van der Waals surface area contributed by atoms with Gasteiger partial charge in [-0.3, -0.25) is 9.69 Å². The van der Waals surface area contributed by atoms with Crippen LogP contribution in [-0.4, -0.2) is 68.5 Å². The molecule has 1 saturated heterocycles. The number of benzene rings is 1. The van der Waals surface area contributed by atoms with E-state index >= 15 is 0 Å². The highest BCUT2D eigenvalue weighted by Crippen LogP contribution is 2.35. The Hall–Kier alpha value is -1.76. The summed E-state index contributed by atoms with van der Waals surface area (Å²) in [5, 5.41) is 0. The Kier molecular flexibility index (Phi) is 5.28. The van der Waals surface area contributed by atoms with Gasteiger partial charge in [0, 0.05) is 62.9 Å². The monoisotopic (exact) mass is 332 g/mol. The summed E-state index contributed by atoms with van der Waals surface area (Å²) >= 11 is 0. The van der Waals surface area contributed by atoms with Gasteiger partial charge in [-0.15, -0.1) is 0 Å². The Bertz CT molecular complexity index is 636. The van der Waals surface area contributed by atoms with Crippen LogP contribution >= 0.6 is 0 Å². The number of likely N-dealkylation sites (N-methyl/N-ethyl adjacent to an activating group) is 1. The highest BCUT2D eigenvalue weighted by molar-refractivity contribution is 6.01. The molecule has 0 aromatic heterocycles. The third-order valence-corrected chi connectivity index (χ3v) is 4.71. The normalized spacial score (nSPS) is 18.7. The molecule has 130 valence electrons. The molecule has 24 heavy (non-hydrogen) atoms. The van der Waals surface area contributed by atoms with E-state index in [0.29, 0.717) is 24.2 Å². The molecule has 1 aromatic rings. The summed E-state index contributed by atoms with van der Waals surface area (Å²) in [6, 6.07) is 3.81. The maximum atomic E-state index is 12.0. The Morgan fingerprint density at radius 3 is 2.62 bits per heavy atom. The van der Waals surface area contributed by atoms with Gasteiger partial charge in [0.1, 0.15) is 12.4 Å². The van der Waals surface area contributed by atoms with Crippen molar-refractivity contribution in [3.05, 3.63) is 28.8 Å². The Morgan fingerprint density at radius 1 is 1.17 bits per heavy atom. The van der Waals surface area contributed by atoms with Crippen molar-refractivity contribution in [2.45, 2.75) is 19.4 Å². The Balaban J connectivity index is 1.84. The second-order valence-electron chi connectivity index (χ2n) is 6.49. The van der Waals surface area contributed by atoms with Crippen LogP contribution in [0.5, 0.6) is 5.75 Å². The number of fused-ring (bicyclic) bond motifs is 1. The topological polar surface area (TPSA) is 59.1 Å². The SMILES string of the molecule is COCC(=O)Oc1c(CN2CCN(C)CC2)ccc2c1CCC2=O. The van der Waals surface area contributed by atoms with Crippen molar-refractivity contribution in [1.29, 1.82) is 0 Å². The second-order valence-corrected chi connectivity index (χ2v) is 6.49. The van der Waals surface area contributed by atoms with Crippen LogP contribution in [0.15, 0.2) is 12.1 Å². The molecular weight excluding hydrogens is 308 g/mol.